The van der Waals surface area contributed by atoms with Crippen molar-refractivity contribution in [2.24, 2.45) is 4.99 Å². The Balaban J connectivity index is 1.76. The minimum absolute atomic E-state index is 0.501. The van der Waals surface area contributed by atoms with Crippen molar-refractivity contribution in [3.05, 3.63) is 22.4 Å². The molecule has 0 spiro atoms. The fourth-order valence-electron chi connectivity index (χ4n) is 2.07. The Hall–Kier alpha value is -1.07. The van der Waals surface area contributed by atoms with E-state index in [1.54, 1.807) is 11.3 Å². The molecule has 0 saturated heterocycles. The topological polar surface area (TPSA) is 56.7 Å². The molecule has 1 aliphatic carbocycles. The van der Waals surface area contributed by atoms with Gasteiger partial charge in [0.05, 0.1) is 12.1 Å². The van der Waals surface area contributed by atoms with Gasteiger partial charge in [-0.3, -0.25) is 4.99 Å². The van der Waals surface area contributed by atoms with Crippen LogP contribution in [0.1, 0.15) is 31.1 Å². The summed E-state index contributed by atoms with van der Waals surface area (Å²) in [5.41, 5.74) is -0.546. The van der Waals surface area contributed by atoms with Crippen LogP contribution in [0.2, 0.25) is 0 Å². The highest BCUT2D eigenvalue weighted by Gasteiger charge is 2.34. The first-order valence-electron chi connectivity index (χ1n) is 6.99. The molecule has 0 unspecified atom stereocenters. The van der Waals surface area contributed by atoms with Crippen molar-refractivity contribution in [2.45, 2.75) is 38.2 Å². The predicted octanol–water partition coefficient (Wildman–Crippen LogP) is 1.76. The first-order valence-corrected chi connectivity index (χ1v) is 7.87. The molecule has 19 heavy (non-hydrogen) atoms. The molecule has 0 aromatic carbocycles. The highest BCUT2D eigenvalue weighted by Crippen LogP contribution is 2.31. The van der Waals surface area contributed by atoms with Crippen LogP contribution >= 0.6 is 11.3 Å². The number of nitrogens with one attached hydrogen (secondary N) is 2. The third kappa shape index (κ3) is 4.51. The summed E-state index contributed by atoms with van der Waals surface area (Å²) in [7, 11) is 0. The van der Waals surface area contributed by atoms with Gasteiger partial charge < -0.3 is 15.7 Å². The molecule has 5 heteroatoms. The van der Waals surface area contributed by atoms with E-state index < -0.39 is 5.60 Å². The first-order chi connectivity index (χ1) is 9.22. The molecule has 1 aliphatic rings. The van der Waals surface area contributed by atoms with E-state index in [0.717, 1.165) is 44.7 Å². The van der Waals surface area contributed by atoms with E-state index >= 15 is 0 Å². The smallest absolute Gasteiger partial charge is 0.191 e. The lowest BCUT2D eigenvalue weighted by atomic mass is 9.80. The first kappa shape index (κ1) is 14.3. The second kappa shape index (κ2) is 6.91. The van der Waals surface area contributed by atoms with Gasteiger partial charge in [0.1, 0.15) is 0 Å². The van der Waals surface area contributed by atoms with Crippen LogP contribution in [0.3, 0.4) is 0 Å². The van der Waals surface area contributed by atoms with E-state index in [2.05, 4.69) is 40.1 Å². The third-order valence-corrected chi connectivity index (χ3v) is 4.34. The van der Waals surface area contributed by atoms with Crippen molar-refractivity contribution in [1.82, 2.24) is 10.6 Å². The molecule has 3 N–H and O–H groups in total. The highest BCUT2D eigenvalue weighted by molar-refractivity contribution is 7.09. The van der Waals surface area contributed by atoms with Gasteiger partial charge in [0, 0.05) is 18.0 Å². The van der Waals surface area contributed by atoms with Gasteiger partial charge >= 0.3 is 0 Å². The van der Waals surface area contributed by atoms with Crippen LogP contribution in [-0.2, 0) is 6.42 Å². The summed E-state index contributed by atoms with van der Waals surface area (Å²) < 4.78 is 0. The average molecular weight is 281 g/mol. The maximum Gasteiger partial charge on any atom is 0.191 e. The summed E-state index contributed by atoms with van der Waals surface area (Å²) >= 11 is 1.78. The Bertz CT molecular complexity index is 399. The van der Waals surface area contributed by atoms with E-state index in [1.165, 1.54) is 4.88 Å². The Morgan fingerprint density at radius 3 is 2.89 bits per heavy atom. The fraction of sp³-hybridized carbons (Fsp3) is 0.643. The predicted molar refractivity (Wildman–Crippen MR) is 80.8 cm³/mol. The second-order valence-electron chi connectivity index (χ2n) is 5.03. The van der Waals surface area contributed by atoms with Crippen molar-refractivity contribution < 1.29 is 5.11 Å². The maximum absolute atomic E-state index is 10.0. The number of nitrogens with zero attached hydrogens (tertiary/aromatic N) is 1. The van der Waals surface area contributed by atoms with Crippen LogP contribution in [0.5, 0.6) is 0 Å². The summed E-state index contributed by atoms with van der Waals surface area (Å²) in [4.78, 5) is 5.85. The average Bonchev–Trinajstić information content (AvgIpc) is 2.87. The van der Waals surface area contributed by atoms with Crippen LogP contribution in [0.25, 0.3) is 0 Å². The van der Waals surface area contributed by atoms with E-state index in [0.29, 0.717) is 6.54 Å². The Morgan fingerprint density at radius 1 is 1.47 bits per heavy atom. The van der Waals surface area contributed by atoms with Gasteiger partial charge in [0.25, 0.3) is 0 Å². The molecule has 2 rings (SSSR count). The number of hydrogen-bond donors (Lipinski definition) is 3. The Kier molecular flexibility index (Phi) is 5.22. The molecule has 0 bridgehead atoms. The molecule has 1 saturated carbocycles. The van der Waals surface area contributed by atoms with E-state index in [1.807, 2.05) is 0 Å². The number of guanidine groups is 1. The normalized spacial score (nSPS) is 17.9. The van der Waals surface area contributed by atoms with Crippen LogP contribution in [-0.4, -0.2) is 36.3 Å². The lowest BCUT2D eigenvalue weighted by Gasteiger charge is -2.35. The van der Waals surface area contributed by atoms with Gasteiger partial charge in [0.15, 0.2) is 5.96 Å². The number of thiophene rings is 1. The van der Waals surface area contributed by atoms with Gasteiger partial charge in [-0.15, -0.1) is 11.3 Å². The molecule has 0 amide bonds. The number of aliphatic imine (C=N–C) groups is 1. The third-order valence-electron chi connectivity index (χ3n) is 3.40. The maximum atomic E-state index is 10.0. The molecule has 1 heterocycles. The van der Waals surface area contributed by atoms with Crippen LogP contribution in [0.4, 0.5) is 0 Å². The van der Waals surface area contributed by atoms with Gasteiger partial charge in [-0.05, 0) is 44.1 Å². The van der Waals surface area contributed by atoms with Gasteiger partial charge in [-0.1, -0.05) is 6.07 Å². The Labute approximate surface area is 119 Å². The van der Waals surface area contributed by atoms with Gasteiger partial charge in [-0.2, -0.15) is 0 Å². The molecule has 1 aromatic rings. The zero-order valence-electron chi connectivity index (χ0n) is 11.5. The van der Waals surface area contributed by atoms with Crippen molar-refractivity contribution >= 4 is 17.3 Å². The van der Waals surface area contributed by atoms with Gasteiger partial charge in [0.2, 0.25) is 0 Å². The number of rotatable bonds is 6. The van der Waals surface area contributed by atoms with E-state index in [9.17, 15) is 5.11 Å². The summed E-state index contributed by atoms with van der Waals surface area (Å²) in [6.45, 7) is 4.25. The van der Waals surface area contributed by atoms with Crippen LogP contribution in [0, 0.1) is 0 Å². The minimum atomic E-state index is -0.546. The zero-order valence-corrected chi connectivity index (χ0v) is 12.3. The van der Waals surface area contributed by atoms with E-state index in [-0.39, 0.29) is 0 Å². The highest BCUT2D eigenvalue weighted by atomic mass is 32.1. The fourth-order valence-corrected chi connectivity index (χ4v) is 2.78. The van der Waals surface area contributed by atoms with Crippen LogP contribution in [0.15, 0.2) is 22.5 Å². The minimum Gasteiger partial charge on any atom is -0.388 e. The van der Waals surface area contributed by atoms with Gasteiger partial charge in [-0.25, -0.2) is 0 Å². The second-order valence-corrected chi connectivity index (χ2v) is 6.06. The summed E-state index contributed by atoms with van der Waals surface area (Å²) in [6, 6.07) is 4.22. The molecule has 1 fully saturated rings. The van der Waals surface area contributed by atoms with E-state index in [4.69, 9.17) is 0 Å². The monoisotopic (exact) mass is 281 g/mol. The Morgan fingerprint density at radius 2 is 2.32 bits per heavy atom. The van der Waals surface area contributed by atoms with Crippen molar-refractivity contribution in [3.63, 3.8) is 0 Å². The molecule has 106 valence electrons. The SMILES string of the molecule is CCNC(=NCC1(O)CCC1)NCCc1cccs1. The molecule has 1 aromatic heterocycles. The molecular weight excluding hydrogens is 258 g/mol. The lowest BCUT2D eigenvalue weighted by Crippen LogP contribution is -2.43. The molecule has 0 radical (unpaired) electrons. The molecule has 4 nitrogen and oxygen atoms in total. The molecule has 0 atom stereocenters. The standard InChI is InChI=1S/C14H23N3OS/c1-2-15-13(17-11-14(18)7-4-8-14)16-9-6-12-5-3-10-19-12/h3,5,10,18H,2,4,6-9,11H2,1H3,(H2,15,16,17). The summed E-state index contributed by atoms with van der Waals surface area (Å²) in [6.07, 6.45) is 3.89. The summed E-state index contributed by atoms with van der Waals surface area (Å²) in [5.74, 6) is 0.805. The summed E-state index contributed by atoms with van der Waals surface area (Å²) in [5, 5.41) is 18.7. The molecule has 0 aliphatic heterocycles. The van der Waals surface area contributed by atoms with Crippen molar-refractivity contribution in [1.29, 1.82) is 0 Å². The van der Waals surface area contributed by atoms with Crippen molar-refractivity contribution in [2.75, 3.05) is 19.6 Å². The zero-order chi connectivity index (χ0) is 13.6. The van der Waals surface area contributed by atoms with Crippen LogP contribution < -0.4 is 10.6 Å². The number of hydrogen-bond acceptors (Lipinski definition) is 3. The quantitative estimate of drug-likeness (QED) is 0.550. The lowest BCUT2D eigenvalue weighted by molar-refractivity contribution is -0.0236. The van der Waals surface area contributed by atoms with Crippen molar-refractivity contribution in [3.8, 4) is 0 Å². The molecular formula is C14H23N3OS. The number of aliphatic hydroxyl groups is 1. The largest absolute Gasteiger partial charge is 0.388 e.